The van der Waals surface area contributed by atoms with Crippen LogP contribution < -0.4 is 15.5 Å². The van der Waals surface area contributed by atoms with Crippen molar-refractivity contribution < 1.29 is 13.2 Å². The number of carbonyl (C=O) groups is 1. The molecule has 6 nitrogen and oxygen atoms in total. The van der Waals surface area contributed by atoms with E-state index >= 15 is 0 Å². The normalized spacial score (nSPS) is 19.6. The van der Waals surface area contributed by atoms with Crippen molar-refractivity contribution in [2.24, 2.45) is 0 Å². The van der Waals surface area contributed by atoms with Crippen molar-refractivity contribution in [1.82, 2.24) is 5.32 Å². The fourth-order valence-electron chi connectivity index (χ4n) is 2.41. The summed E-state index contributed by atoms with van der Waals surface area (Å²) in [5.41, 5.74) is 2.08. The highest BCUT2D eigenvalue weighted by atomic mass is 32.2. The molecule has 1 heterocycles. The average Bonchev–Trinajstić information content (AvgIpc) is 2.78. The first-order valence-electron chi connectivity index (χ1n) is 7.37. The number of rotatable bonds is 6. The van der Waals surface area contributed by atoms with Crippen LogP contribution in [0.15, 0.2) is 24.3 Å². The van der Waals surface area contributed by atoms with Gasteiger partial charge in [-0.15, -0.1) is 0 Å². The van der Waals surface area contributed by atoms with Gasteiger partial charge in [0.05, 0.1) is 11.5 Å². The predicted octanol–water partition coefficient (Wildman–Crippen LogP) is 0.858. The second-order valence-corrected chi connectivity index (χ2v) is 8.01. The van der Waals surface area contributed by atoms with Gasteiger partial charge in [0, 0.05) is 44.5 Å². The van der Waals surface area contributed by atoms with Crippen molar-refractivity contribution >= 4 is 27.1 Å². The zero-order valence-corrected chi connectivity index (χ0v) is 13.8. The second-order valence-electron chi connectivity index (χ2n) is 5.79. The molecule has 22 heavy (non-hydrogen) atoms. The maximum Gasteiger partial charge on any atom is 0.222 e. The van der Waals surface area contributed by atoms with Crippen LogP contribution in [0, 0.1) is 0 Å². The molecule has 0 aliphatic carbocycles. The molecule has 0 aromatic heterocycles. The predicted molar refractivity (Wildman–Crippen MR) is 89.1 cm³/mol. The van der Waals surface area contributed by atoms with E-state index in [-0.39, 0.29) is 23.5 Å². The van der Waals surface area contributed by atoms with Crippen molar-refractivity contribution in [3.63, 3.8) is 0 Å². The lowest BCUT2D eigenvalue weighted by atomic mass is 10.2. The Bertz CT molecular complexity index is 611. The van der Waals surface area contributed by atoms with Crippen LogP contribution in [0.4, 0.5) is 11.4 Å². The van der Waals surface area contributed by atoms with Gasteiger partial charge in [0.25, 0.3) is 0 Å². The second kappa shape index (κ2) is 7.00. The monoisotopic (exact) mass is 325 g/mol. The van der Waals surface area contributed by atoms with E-state index in [0.717, 1.165) is 11.4 Å². The molecule has 1 fully saturated rings. The lowest BCUT2D eigenvalue weighted by Crippen LogP contribution is -2.36. The Hall–Kier alpha value is -1.76. The van der Waals surface area contributed by atoms with Crippen LogP contribution in [0.1, 0.15) is 12.8 Å². The molecule has 1 unspecified atom stereocenters. The van der Waals surface area contributed by atoms with Crippen LogP contribution in [0.2, 0.25) is 0 Å². The number of benzene rings is 1. The third-order valence-electron chi connectivity index (χ3n) is 3.66. The van der Waals surface area contributed by atoms with Crippen molar-refractivity contribution in [1.29, 1.82) is 0 Å². The van der Waals surface area contributed by atoms with Gasteiger partial charge in [0.15, 0.2) is 9.84 Å². The molecule has 1 aromatic rings. The lowest BCUT2D eigenvalue weighted by Gasteiger charge is -2.14. The summed E-state index contributed by atoms with van der Waals surface area (Å²) in [5, 5.41) is 5.97. The van der Waals surface area contributed by atoms with Gasteiger partial charge in [-0.25, -0.2) is 8.42 Å². The molecule has 0 spiro atoms. The molecule has 2 rings (SSSR count). The molecule has 1 amide bonds. The highest BCUT2D eigenvalue weighted by Crippen LogP contribution is 2.15. The van der Waals surface area contributed by atoms with Crippen molar-refractivity contribution in [3.05, 3.63) is 24.3 Å². The number of sulfone groups is 1. The zero-order valence-electron chi connectivity index (χ0n) is 13.0. The van der Waals surface area contributed by atoms with Gasteiger partial charge in [-0.1, -0.05) is 0 Å². The maximum atomic E-state index is 11.8. The van der Waals surface area contributed by atoms with Gasteiger partial charge in [-0.05, 0) is 30.7 Å². The van der Waals surface area contributed by atoms with E-state index in [1.807, 2.05) is 43.3 Å². The number of hydrogen-bond acceptors (Lipinski definition) is 5. The Labute approximate surface area is 131 Å². The topological polar surface area (TPSA) is 78.5 Å². The van der Waals surface area contributed by atoms with Gasteiger partial charge in [0.1, 0.15) is 0 Å². The largest absolute Gasteiger partial charge is 0.385 e. The Morgan fingerprint density at radius 1 is 1.27 bits per heavy atom. The first kappa shape index (κ1) is 16.6. The molecule has 1 saturated heterocycles. The SMILES string of the molecule is CN(C)c1ccc(NCCC(=O)NC2CCS(=O)(=O)C2)cc1. The Balaban J connectivity index is 1.71. The van der Waals surface area contributed by atoms with E-state index in [1.54, 1.807) is 0 Å². The van der Waals surface area contributed by atoms with Gasteiger partial charge in [-0.2, -0.15) is 0 Å². The van der Waals surface area contributed by atoms with E-state index in [1.165, 1.54) is 0 Å². The first-order chi connectivity index (χ1) is 10.4. The third-order valence-corrected chi connectivity index (χ3v) is 5.43. The van der Waals surface area contributed by atoms with Crippen LogP contribution in [0.5, 0.6) is 0 Å². The van der Waals surface area contributed by atoms with E-state index in [9.17, 15) is 13.2 Å². The van der Waals surface area contributed by atoms with Gasteiger partial charge in [-0.3, -0.25) is 4.79 Å². The van der Waals surface area contributed by atoms with Crippen LogP contribution in [0.25, 0.3) is 0 Å². The summed E-state index contributed by atoms with van der Waals surface area (Å²) in [6.07, 6.45) is 0.847. The molecule has 0 radical (unpaired) electrons. The summed E-state index contributed by atoms with van der Waals surface area (Å²) in [6.45, 7) is 0.520. The van der Waals surface area contributed by atoms with Gasteiger partial charge in [0.2, 0.25) is 5.91 Å². The van der Waals surface area contributed by atoms with Crippen molar-refractivity contribution in [3.8, 4) is 0 Å². The Morgan fingerprint density at radius 3 is 2.50 bits per heavy atom. The zero-order chi connectivity index (χ0) is 16.2. The van der Waals surface area contributed by atoms with E-state index in [0.29, 0.717) is 19.4 Å². The third kappa shape index (κ3) is 4.91. The summed E-state index contributed by atoms with van der Waals surface area (Å²) in [5.74, 6) is 0.131. The van der Waals surface area contributed by atoms with Crippen LogP contribution in [-0.4, -0.2) is 52.5 Å². The highest BCUT2D eigenvalue weighted by Gasteiger charge is 2.28. The molecule has 1 aliphatic rings. The molecule has 7 heteroatoms. The lowest BCUT2D eigenvalue weighted by molar-refractivity contribution is -0.121. The molecule has 1 atom stereocenters. The average molecular weight is 325 g/mol. The molecule has 2 N–H and O–H groups in total. The summed E-state index contributed by atoms with van der Waals surface area (Å²) in [6, 6.07) is 7.72. The summed E-state index contributed by atoms with van der Waals surface area (Å²) in [7, 11) is 1.01. The van der Waals surface area contributed by atoms with Crippen LogP contribution in [-0.2, 0) is 14.6 Å². The van der Waals surface area contributed by atoms with E-state index in [2.05, 4.69) is 10.6 Å². The van der Waals surface area contributed by atoms with Crippen molar-refractivity contribution in [2.45, 2.75) is 18.9 Å². The van der Waals surface area contributed by atoms with Gasteiger partial charge < -0.3 is 15.5 Å². The summed E-state index contributed by atoms with van der Waals surface area (Å²) >= 11 is 0. The molecule has 0 saturated carbocycles. The number of carbonyl (C=O) groups excluding carboxylic acids is 1. The molecule has 1 aromatic carbocycles. The number of amides is 1. The minimum Gasteiger partial charge on any atom is -0.385 e. The number of nitrogens with one attached hydrogen (secondary N) is 2. The molecule has 1 aliphatic heterocycles. The number of hydrogen-bond donors (Lipinski definition) is 2. The molecular formula is C15H23N3O3S. The van der Waals surface area contributed by atoms with E-state index < -0.39 is 9.84 Å². The molecule has 122 valence electrons. The fourth-order valence-corrected chi connectivity index (χ4v) is 4.08. The quantitative estimate of drug-likeness (QED) is 0.811. The van der Waals surface area contributed by atoms with Crippen molar-refractivity contribution in [2.75, 3.05) is 42.4 Å². The summed E-state index contributed by atoms with van der Waals surface area (Å²) < 4.78 is 22.7. The Kier molecular flexibility index (Phi) is 5.28. The maximum absolute atomic E-state index is 11.8. The molecule has 0 bridgehead atoms. The number of anilines is 2. The fraction of sp³-hybridized carbons (Fsp3) is 0.533. The standard InChI is InChI=1S/C15H23N3O3S/c1-18(2)14-5-3-12(4-6-14)16-9-7-15(19)17-13-8-10-22(20,21)11-13/h3-6,13,16H,7-11H2,1-2H3,(H,17,19). The van der Waals surface area contributed by atoms with Crippen LogP contribution >= 0.6 is 0 Å². The van der Waals surface area contributed by atoms with E-state index in [4.69, 9.17) is 0 Å². The van der Waals surface area contributed by atoms with Crippen LogP contribution in [0.3, 0.4) is 0 Å². The Morgan fingerprint density at radius 2 is 1.95 bits per heavy atom. The summed E-state index contributed by atoms with van der Waals surface area (Å²) in [4.78, 5) is 13.8. The van der Waals surface area contributed by atoms with Gasteiger partial charge >= 0.3 is 0 Å². The first-order valence-corrected chi connectivity index (χ1v) is 9.19. The molecular weight excluding hydrogens is 302 g/mol. The highest BCUT2D eigenvalue weighted by molar-refractivity contribution is 7.91. The smallest absolute Gasteiger partial charge is 0.222 e. The minimum atomic E-state index is -2.95. The number of nitrogens with zero attached hydrogens (tertiary/aromatic N) is 1. The minimum absolute atomic E-state index is 0.0676.